The van der Waals surface area contributed by atoms with Crippen molar-refractivity contribution in [3.05, 3.63) is 113 Å². The van der Waals surface area contributed by atoms with Gasteiger partial charge in [-0.3, -0.25) is 4.90 Å². The number of nitrogens with one attached hydrogen (secondary N) is 1. The average Bonchev–Trinajstić information content (AvgIpc) is 3.72. The highest BCUT2D eigenvalue weighted by molar-refractivity contribution is 8.03. The number of hydrogen-bond donors (Lipinski definition) is 1. The van der Waals surface area contributed by atoms with E-state index in [1.165, 1.54) is 81.6 Å². The highest BCUT2D eigenvalue weighted by Crippen LogP contribution is 2.50. The number of nitrogens with zero attached hydrogens (tertiary/aromatic N) is 2. The normalized spacial score (nSPS) is 25.7. The topological polar surface area (TPSA) is 12.6 Å². The summed E-state index contributed by atoms with van der Waals surface area (Å²) in [6.45, 7) is 2.37. The molecule has 5 aliphatic rings. The van der Waals surface area contributed by atoms with E-state index in [-0.39, 0.29) is 0 Å². The molecule has 1 aliphatic carbocycles. The van der Waals surface area contributed by atoms with Gasteiger partial charge >= 0.3 is 0 Å². The lowest BCUT2D eigenvalue weighted by molar-refractivity contribution is -0.837. The first kappa shape index (κ1) is 24.0. The van der Waals surface area contributed by atoms with Gasteiger partial charge in [0.05, 0.1) is 27.9 Å². The molecule has 0 fully saturated rings. The van der Waals surface area contributed by atoms with Crippen molar-refractivity contribution in [1.29, 1.82) is 0 Å². The lowest BCUT2D eigenvalue weighted by atomic mass is 9.90. The molecule has 0 saturated heterocycles. The number of aromatic nitrogens is 1. The average molecular weight is 549 g/mol. The van der Waals surface area contributed by atoms with E-state index in [1.54, 1.807) is 16.2 Å². The molecular formula is C34H34N3S2+. The van der Waals surface area contributed by atoms with Crippen molar-refractivity contribution in [3.63, 3.8) is 0 Å². The van der Waals surface area contributed by atoms with Crippen LogP contribution in [0.15, 0.2) is 111 Å². The van der Waals surface area contributed by atoms with E-state index in [1.807, 2.05) is 11.8 Å². The lowest BCUT2D eigenvalue weighted by Crippen LogP contribution is -3.10. The van der Waals surface area contributed by atoms with E-state index in [2.05, 4.69) is 106 Å². The summed E-state index contributed by atoms with van der Waals surface area (Å²) in [5, 5.41) is 1.85. The van der Waals surface area contributed by atoms with Crippen LogP contribution in [0.1, 0.15) is 43.2 Å². The van der Waals surface area contributed by atoms with Gasteiger partial charge in [0.25, 0.3) is 0 Å². The Morgan fingerprint density at radius 3 is 2.59 bits per heavy atom. The smallest absolute Gasteiger partial charge is 0.163 e. The van der Waals surface area contributed by atoms with Gasteiger partial charge in [0, 0.05) is 35.8 Å². The number of quaternary nitrogens is 1. The van der Waals surface area contributed by atoms with Gasteiger partial charge in [-0.25, -0.2) is 0 Å². The van der Waals surface area contributed by atoms with Crippen LogP contribution in [0, 0.1) is 0 Å². The third-order valence-corrected chi connectivity index (χ3v) is 11.3. The molecule has 4 aliphatic heterocycles. The maximum Gasteiger partial charge on any atom is 0.163 e. The summed E-state index contributed by atoms with van der Waals surface area (Å²) < 4.78 is 2.35. The van der Waals surface area contributed by atoms with Crippen molar-refractivity contribution in [2.75, 3.05) is 18.0 Å². The first-order valence-electron chi connectivity index (χ1n) is 14.5. The third kappa shape index (κ3) is 4.18. The van der Waals surface area contributed by atoms with Crippen LogP contribution in [0.3, 0.4) is 0 Å². The van der Waals surface area contributed by atoms with Crippen molar-refractivity contribution in [2.45, 2.75) is 60.1 Å². The van der Waals surface area contributed by atoms with Crippen molar-refractivity contribution in [1.82, 2.24) is 4.57 Å². The molecule has 0 spiro atoms. The van der Waals surface area contributed by atoms with Crippen LogP contribution in [0.25, 0.3) is 5.70 Å². The van der Waals surface area contributed by atoms with Gasteiger partial charge in [0.1, 0.15) is 5.69 Å². The minimum Gasteiger partial charge on any atom is -0.335 e. The van der Waals surface area contributed by atoms with Gasteiger partial charge in [-0.15, -0.1) is 0 Å². The van der Waals surface area contributed by atoms with Crippen LogP contribution >= 0.6 is 23.5 Å². The summed E-state index contributed by atoms with van der Waals surface area (Å²) in [6, 6.07) is 18.1. The lowest BCUT2D eigenvalue weighted by Gasteiger charge is -2.27. The molecule has 0 bridgehead atoms. The zero-order valence-electron chi connectivity index (χ0n) is 22.2. The molecular weight excluding hydrogens is 515 g/mol. The molecule has 2 unspecified atom stereocenters. The van der Waals surface area contributed by atoms with Gasteiger partial charge in [0.2, 0.25) is 0 Å². The van der Waals surface area contributed by atoms with Crippen molar-refractivity contribution in [3.8, 4) is 0 Å². The Labute approximate surface area is 240 Å². The van der Waals surface area contributed by atoms with E-state index >= 15 is 0 Å². The van der Waals surface area contributed by atoms with Crippen LogP contribution in [0.2, 0.25) is 0 Å². The number of aryl methyl sites for hydroxylation is 2. The second-order valence-electron chi connectivity index (χ2n) is 11.2. The maximum absolute atomic E-state index is 2.56. The van der Waals surface area contributed by atoms with E-state index in [9.17, 15) is 0 Å². The quantitative estimate of drug-likeness (QED) is 0.366. The SMILES string of the molecule is C(/C=C1\CCCC(/C=C/C2Sc3cccc4c3[NH+]2CCC4)=C1n1cccc1)=C1/Sc2cccc3c2N1CCC3. The van der Waals surface area contributed by atoms with E-state index in [4.69, 9.17) is 0 Å². The second kappa shape index (κ2) is 9.96. The molecule has 8 rings (SSSR count). The zero-order valence-corrected chi connectivity index (χ0v) is 23.9. The Bertz CT molecular complexity index is 1560. The molecule has 0 saturated carbocycles. The molecule has 2 aromatic carbocycles. The summed E-state index contributed by atoms with van der Waals surface area (Å²) in [5.41, 5.74) is 10.4. The molecule has 5 heteroatoms. The van der Waals surface area contributed by atoms with Crippen LogP contribution in [-0.4, -0.2) is 23.0 Å². The van der Waals surface area contributed by atoms with Crippen molar-refractivity contribution < 1.29 is 4.90 Å². The minimum atomic E-state index is 0.470. The Hall–Kier alpha value is -2.86. The molecule has 39 heavy (non-hydrogen) atoms. The highest BCUT2D eigenvalue weighted by Gasteiger charge is 2.38. The van der Waals surface area contributed by atoms with Crippen molar-refractivity contribution in [2.24, 2.45) is 0 Å². The fraction of sp³-hybridized carbons (Fsp3) is 0.294. The van der Waals surface area contributed by atoms with E-state index in [0.717, 1.165) is 19.4 Å². The third-order valence-electron chi connectivity index (χ3n) is 8.85. The molecule has 1 N–H and O–H groups in total. The monoisotopic (exact) mass is 548 g/mol. The minimum absolute atomic E-state index is 0.470. The molecule has 0 amide bonds. The predicted molar refractivity (Wildman–Crippen MR) is 165 cm³/mol. The molecule has 5 heterocycles. The van der Waals surface area contributed by atoms with Gasteiger partial charge in [-0.2, -0.15) is 0 Å². The first-order chi connectivity index (χ1) is 19.3. The van der Waals surface area contributed by atoms with Crippen LogP contribution in [0.4, 0.5) is 11.4 Å². The van der Waals surface area contributed by atoms with Crippen LogP contribution in [0.5, 0.6) is 0 Å². The van der Waals surface area contributed by atoms with E-state index < -0.39 is 0 Å². The summed E-state index contributed by atoms with van der Waals surface area (Å²) in [4.78, 5) is 7.13. The largest absolute Gasteiger partial charge is 0.335 e. The number of anilines is 1. The first-order valence-corrected chi connectivity index (χ1v) is 16.2. The zero-order chi connectivity index (χ0) is 25.8. The maximum atomic E-state index is 2.56. The fourth-order valence-electron chi connectivity index (χ4n) is 7.13. The number of hydrogen-bond acceptors (Lipinski definition) is 3. The van der Waals surface area contributed by atoms with Crippen LogP contribution < -0.4 is 9.80 Å². The van der Waals surface area contributed by atoms with Gasteiger partial charge in [-0.1, -0.05) is 59.9 Å². The summed E-state index contributed by atoms with van der Waals surface area (Å²) >= 11 is 4.00. The number of rotatable bonds is 4. The molecule has 196 valence electrons. The van der Waals surface area contributed by atoms with Gasteiger partial charge in [-0.05, 0) is 91.7 Å². The second-order valence-corrected chi connectivity index (χ2v) is 13.4. The standard InChI is InChI=1S/C34H33N3S2/c1-2-21-35(20-1)32-26(16-18-30-36-22-6-12-24-10-4-14-28(38-30)33(24)36)8-3-9-27(32)17-19-31-37-23-7-13-25-11-5-15-29(39-31)34(25)37/h1-2,4-5,10-11,14-21,30H,3,6-9,12-13,22-23H2/p+1/b18-16+,27-17+,31-19-. The summed E-state index contributed by atoms with van der Waals surface area (Å²) in [5.74, 6) is 0. The van der Waals surface area contributed by atoms with Gasteiger partial charge in [0.15, 0.2) is 5.37 Å². The number of para-hydroxylation sites is 2. The molecule has 1 aromatic heterocycles. The Balaban J connectivity index is 1.13. The molecule has 3 aromatic rings. The number of thioether (sulfide) groups is 2. The Kier molecular flexibility index (Phi) is 6.12. The van der Waals surface area contributed by atoms with E-state index in [0.29, 0.717) is 5.37 Å². The van der Waals surface area contributed by atoms with Crippen LogP contribution in [-0.2, 0) is 12.8 Å². The molecule has 2 atom stereocenters. The summed E-state index contributed by atoms with van der Waals surface area (Å²) in [7, 11) is 0. The predicted octanol–water partition coefficient (Wildman–Crippen LogP) is 7.36. The summed E-state index contributed by atoms with van der Waals surface area (Å²) in [6.07, 6.45) is 22.7. The van der Waals surface area contributed by atoms with Crippen molar-refractivity contribution >= 4 is 40.6 Å². The molecule has 3 nitrogen and oxygen atoms in total. The molecule has 0 radical (unpaired) electrons. The Morgan fingerprint density at radius 1 is 0.821 bits per heavy atom. The van der Waals surface area contributed by atoms with Gasteiger partial charge < -0.3 is 9.47 Å². The fourth-order valence-corrected chi connectivity index (χ4v) is 9.61. The Morgan fingerprint density at radius 2 is 1.67 bits per heavy atom. The number of benzene rings is 2. The highest BCUT2D eigenvalue weighted by atomic mass is 32.2. The number of allylic oxidation sites excluding steroid dienone is 6.